The first-order valence-electron chi connectivity index (χ1n) is 8.98. The van der Waals surface area contributed by atoms with Crippen molar-refractivity contribution in [3.8, 4) is 0 Å². The van der Waals surface area contributed by atoms with Crippen molar-refractivity contribution in [3.05, 3.63) is 65.2 Å². The lowest BCUT2D eigenvalue weighted by Crippen LogP contribution is -2.29. The highest BCUT2D eigenvalue weighted by Gasteiger charge is 2.25. The monoisotopic (exact) mass is 336 g/mol. The predicted molar refractivity (Wildman–Crippen MR) is 100 cm³/mol. The van der Waals surface area contributed by atoms with Crippen molar-refractivity contribution in [3.63, 3.8) is 0 Å². The van der Waals surface area contributed by atoms with Crippen molar-refractivity contribution in [2.45, 2.75) is 32.6 Å². The summed E-state index contributed by atoms with van der Waals surface area (Å²) in [7, 11) is 0. The average Bonchev–Trinajstić information content (AvgIpc) is 3.09. The fourth-order valence-electron chi connectivity index (χ4n) is 3.15. The Balaban J connectivity index is 1.64. The number of fused-ring (bicyclic) bond motifs is 1. The van der Waals surface area contributed by atoms with E-state index in [-0.39, 0.29) is 11.8 Å². The van der Waals surface area contributed by atoms with E-state index < -0.39 is 0 Å². The third-order valence-electron chi connectivity index (χ3n) is 4.59. The van der Waals surface area contributed by atoms with Crippen LogP contribution in [0.5, 0.6) is 0 Å². The van der Waals surface area contributed by atoms with Crippen LogP contribution in [0.3, 0.4) is 0 Å². The van der Waals surface area contributed by atoms with Crippen molar-refractivity contribution in [2.24, 2.45) is 0 Å². The Morgan fingerprint density at radius 2 is 1.72 bits per heavy atom. The van der Waals surface area contributed by atoms with Crippen LogP contribution >= 0.6 is 0 Å². The summed E-state index contributed by atoms with van der Waals surface area (Å²) in [6, 6.07) is 14.9. The van der Waals surface area contributed by atoms with Gasteiger partial charge in [-0.2, -0.15) is 0 Å². The summed E-state index contributed by atoms with van der Waals surface area (Å²) in [5.41, 5.74) is 3.40. The minimum Gasteiger partial charge on any atom is -0.352 e. The zero-order valence-corrected chi connectivity index (χ0v) is 14.6. The molecule has 0 aliphatic carbocycles. The number of nitrogens with zero attached hydrogens (tertiary/aromatic N) is 1. The van der Waals surface area contributed by atoms with Gasteiger partial charge >= 0.3 is 0 Å². The predicted octanol–water partition coefficient (Wildman–Crippen LogP) is 3.81. The molecule has 2 aromatic carbocycles. The van der Waals surface area contributed by atoms with Gasteiger partial charge in [0.2, 0.25) is 0 Å². The zero-order valence-electron chi connectivity index (χ0n) is 14.6. The van der Waals surface area contributed by atoms with Crippen LogP contribution < -0.4 is 10.2 Å². The highest BCUT2D eigenvalue weighted by atomic mass is 16.2. The number of unbranched alkanes of at least 4 members (excludes halogenated alkanes) is 2. The second-order valence-corrected chi connectivity index (χ2v) is 6.38. The molecule has 3 rings (SSSR count). The van der Waals surface area contributed by atoms with Crippen LogP contribution in [-0.2, 0) is 6.42 Å². The van der Waals surface area contributed by atoms with Crippen LogP contribution in [-0.4, -0.2) is 24.9 Å². The summed E-state index contributed by atoms with van der Waals surface area (Å²) in [6.07, 6.45) is 4.13. The Hall–Kier alpha value is -2.62. The number of hydrogen-bond acceptors (Lipinski definition) is 2. The molecule has 0 unspecified atom stereocenters. The Labute approximate surface area is 148 Å². The molecule has 130 valence electrons. The van der Waals surface area contributed by atoms with Crippen LogP contribution in [0.1, 0.15) is 52.5 Å². The van der Waals surface area contributed by atoms with E-state index in [1.165, 1.54) is 5.56 Å². The number of carbonyl (C=O) groups excluding carboxylic acids is 2. The van der Waals surface area contributed by atoms with E-state index in [0.29, 0.717) is 24.2 Å². The van der Waals surface area contributed by atoms with Gasteiger partial charge in [-0.1, -0.05) is 38.0 Å². The molecule has 1 N–H and O–H groups in total. The van der Waals surface area contributed by atoms with Crippen LogP contribution in [0.15, 0.2) is 48.5 Å². The lowest BCUT2D eigenvalue weighted by molar-refractivity contribution is 0.0949. The molecule has 0 saturated carbocycles. The van der Waals surface area contributed by atoms with Crippen molar-refractivity contribution >= 4 is 17.5 Å². The molecule has 25 heavy (non-hydrogen) atoms. The first-order valence-corrected chi connectivity index (χ1v) is 8.98. The molecule has 0 spiro atoms. The number of nitrogens with one attached hydrogen (secondary N) is 1. The van der Waals surface area contributed by atoms with E-state index >= 15 is 0 Å². The summed E-state index contributed by atoms with van der Waals surface area (Å²) < 4.78 is 0. The molecule has 2 aromatic rings. The van der Waals surface area contributed by atoms with E-state index in [2.05, 4.69) is 18.3 Å². The lowest BCUT2D eigenvalue weighted by Gasteiger charge is -2.17. The fraction of sp³-hybridized carbons (Fsp3) is 0.333. The molecule has 1 heterocycles. The highest BCUT2D eigenvalue weighted by Crippen LogP contribution is 2.28. The number of benzene rings is 2. The van der Waals surface area contributed by atoms with Crippen molar-refractivity contribution in [2.75, 3.05) is 18.0 Å². The first kappa shape index (κ1) is 17.2. The van der Waals surface area contributed by atoms with Gasteiger partial charge in [-0.15, -0.1) is 0 Å². The Bertz CT molecular complexity index is 753. The minimum atomic E-state index is -0.0818. The highest BCUT2D eigenvalue weighted by molar-refractivity contribution is 6.07. The van der Waals surface area contributed by atoms with E-state index in [0.717, 1.165) is 31.4 Å². The van der Waals surface area contributed by atoms with Gasteiger partial charge in [-0.3, -0.25) is 9.59 Å². The third kappa shape index (κ3) is 3.90. The van der Waals surface area contributed by atoms with Crippen molar-refractivity contribution in [1.82, 2.24) is 5.32 Å². The third-order valence-corrected chi connectivity index (χ3v) is 4.59. The number of hydrogen-bond donors (Lipinski definition) is 1. The van der Waals surface area contributed by atoms with E-state index in [9.17, 15) is 9.59 Å². The van der Waals surface area contributed by atoms with Gasteiger partial charge < -0.3 is 10.2 Å². The van der Waals surface area contributed by atoms with Gasteiger partial charge in [0.1, 0.15) is 0 Å². The number of rotatable bonds is 6. The second kappa shape index (κ2) is 7.97. The standard InChI is InChI=1S/C21H24N2O2/c1-2-3-6-14-22-20(24)17-9-11-18(12-10-17)21(25)23-15-13-16-7-4-5-8-19(16)23/h4-5,7-12H,2-3,6,13-15H2,1H3,(H,22,24). The quantitative estimate of drug-likeness (QED) is 0.816. The van der Waals surface area contributed by atoms with Crippen LogP contribution in [0.25, 0.3) is 0 Å². The van der Waals surface area contributed by atoms with Crippen molar-refractivity contribution < 1.29 is 9.59 Å². The molecule has 0 bridgehead atoms. The van der Waals surface area contributed by atoms with Crippen molar-refractivity contribution in [1.29, 1.82) is 0 Å². The molecule has 1 aliphatic rings. The maximum Gasteiger partial charge on any atom is 0.258 e. The van der Waals surface area contributed by atoms with Gasteiger partial charge in [0.05, 0.1) is 0 Å². The molecular formula is C21H24N2O2. The van der Waals surface area contributed by atoms with Gasteiger partial charge in [-0.05, 0) is 48.7 Å². The van der Waals surface area contributed by atoms with Gasteiger partial charge in [0.15, 0.2) is 0 Å². The molecule has 0 saturated heterocycles. The summed E-state index contributed by atoms with van der Waals surface area (Å²) in [5.74, 6) is -0.0959. The average molecular weight is 336 g/mol. The minimum absolute atomic E-state index is 0.0140. The Morgan fingerprint density at radius 3 is 2.48 bits per heavy atom. The van der Waals surface area contributed by atoms with Crippen LogP contribution in [0, 0.1) is 0 Å². The molecule has 0 fully saturated rings. The number of para-hydroxylation sites is 1. The molecule has 1 aliphatic heterocycles. The van der Waals surface area contributed by atoms with E-state index in [1.54, 1.807) is 24.3 Å². The lowest BCUT2D eigenvalue weighted by atomic mass is 10.1. The van der Waals surface area contributed by atoms with Gasteiger partial charge in [0.25, 0.3) is 11.8 Å². The molecule has 4 nitrogen and oxygen atoms in total. The SMILES string of the molecule is CCCCCNC(=O)c1ccc(C(=O)N2CCc3ccccc32)cc1. The molecule has 2 amide bonds. The normalized spacial score (nSPS) is 12.8. The molecule has 0 atom stereocenters. The maximum atomic E-state index is 12.8. The number of carbonyl (C=O) groups is 2. The van der Waals surface area contributed by atoms with E-state index in [1.807, 2.05) is 23.1 Å². The summed E-state index contributed by atoms with van der Waals surface area (Å²) in [5, 5.41) is 2.92. The summed E-state index contributed by atoms with van der Waals surface area (Å²) in [4.78, 5) is 26.7. The van der Waals surface area contributed by atoms with Crippen LogP contribution in [0.4, 0.5) is 5.69 Å². The molecular weight excluding hydrogens is 312 g/mol. The summed E-state index contributed by atoms with van der Waals surface area (Å²) in [6.45, 7) is 3.53. The fourth-order valence-corrected chi connectivity index (χ4v) is 3.15. The van der Waals surface area contributed by atoms with Gasteiger partial charge in [0, 0.05) is 29.9 Å². The Kier molecular flexibility index (Phi) is 5.49. The molecule has 0 aromatic heterocycles. The topological polar surface area (TPSA) is 49.4 Å². The first-order chi connectivity index (χ1) is 12.2. The second-order valence-electron chi connectivity index (χ2n) is 6.38. The largest absolute Gasteiger partial charge is 0.352 e. The maximum absolute atomic E-state index is 12.8. The van der Waals surface area contributed by atoms with Crippen LogP contribution in [0.2, 0.25) is 0 Å². The molecule has 4 heteroatoms. The Morgan fingerprint density at radius 1 is 1.00 bits per heavy atom. The number of anilines is 1. The van der Waals surface area contributed by atoms with Gasteiger partial charge in [-0.25, -0.2) is 0 Å². The summed E-state index contributed by atoms with van der Waals surface area (Å²) >= 11 is 0. The smallest absolute Gasteiger partial charge is 0.258 e. The number of amides is 2. The molecule has 0 radical (unpaired) electrons. The zero-order chi connectivity index (χ0) is 17.6. The van der Waals surface area contributed by atoms with E-state index in [4.69, 9.17) is 0 Å².